The number of thiophene rings is 2. The van der Waals surface area contributed by atoms with Gasteiger partial charge in [-0.05, 0) is 76.2 Å². The Labute approximate surface area is 244 Å². The summed E-state index contributed by atoms with van der Waals surface area (Å²) in [6.07, 6.45) is 1.76. The van der Waals surface area contributed by atoms with Crippen molar-refractivity contribution in [2.24, 2.45) is 0 Å². The minimum absolute atomic E-state index is 0.191. The number of hydrogen-bond donors (Lipinski definition) is 0. The van der Waals surface area contributed by atoms with E-state index >= 15 is 0 Å². The van der Waals surface area contributed by atoms with E-state index in [1.807, 2.05) is 6.07 Å². The molecule has 0 radical (unpaired) electrons. The van der Waals surface area contributed by atoms with Crippen molar-refractivity contribution in [3.63, 3.8) is 0 Å². The first-order chi connectivity index (χ1) is 20.1. The molecule has 0 aliphatic heterocycles. The highest BCUT2D eigenvalue weighted by Crippen LogP contribution is 2.44. The number of fused-ring (bicyclic) bond motifs is 4. The number of carbonyl (C=O) groups excluding carboxylic acids is 2. The van der Waals surface area contributed by atoms with Gasteiger partial charge in [-0.25, -0.2) is 0 Å². The van der Waals surface area contributed by atoms with E-state index in [2.05, 4.69) is 95.9 Å². The van der Waals surface area contributed by atoms with Gasteiger partial charge in [0, 0.05) is 36.8 Å². The van der Waals surface area contributed by atoms with Crippen LogP contribution in [0.15, 0.2) is 127 Å². The maximum Gasteiger partial charge on any atom is 0.197 e. The second-order valence-corrected chi connectivity index (χ2v) is 12.3. The van der Waals surface area contributed by atoms with E-state index in [9.17, 15) is 9.59 Å². The van der Waals surface area contributed by atoms with Crippen molar-refractivity contribution in [1.82, 2.24) is 0 Å². The molecule has 2 aromatic heterocycles. The fourth-order valence-corrected chi connectivity index (χ4v) is 7.78. The summed E-state index contributed by atoms with van der Waals surface area (Å²) in [6.45, 7) is 0. The third-order valence-corrected chi connectivity index (χ3v) is 9.71. The molecule has 5 aromatic carbocycles. The van der Waals surface area contributed by atoms with Crippen molar-refractivity contribution in [1.29, 1.82) is 0 Å². The van der Waals surface area contributed by atoms with Crippen LogP contribution >= 0.6 is 22.7 Å². The van der Waals surface area contributed by atoms with Crippen LogP contribution in [0.2, 0.25) is 0 Å². The third kappa shape index (κ3) is 4.01. The number of rotatable bonds is 4. The van der Waals surface area contributed by atoms with Gasteiger partial charge >= 0.3 is 0 Å². The lowest BCUT2D eigenvalue weighted by atomic mass is 10.1. The molecule has 0 fully saturated rings. The van der Waals surface area contributed by atoms with Crippen LogP contribution in [0.4, 0.5) is 16.4 Å². The lowest BCUT2D eigenvalue weighted by Gasteiger charge is -2.23. The molecule has 0 saturated heterocycles. The standard InChI is InChI=1S/C36H21NO2S2/c38-35-29-12-6-7-13-30(29)36(39)31(35)21-28-17-24-18-33-25(19-32(24)40-28)20-34(41-33)37(26-10-2-1-3-11-26)27-15-14-22-8-4-5-9-23(22)16-27/h1-21H. The SMILES string of the molecule is O=C1C(=Cc2cc3cc4sc(N(c5ccccc5)c5ccc6ccccc6c5)cc4cc3s2)C(=O)c2ccccc21. The number of ketones is 2. The summed E-state index contributed by atoms with van der Waals surface area (Å²) < 4.78 is 2.31. The molecule has 194 valence electrons. The van der Waals surface area contributed by atoms with Gasteiger partial charge in [0.25, 0.3) is 0 Å². The van der Waals surface area contributed by atoms with Gasteiger partial charge in [0.2, 0.25) is 0 Å². The Morgan fingerprint density at radius 2 is 1.15 bits per heavy atom. The van der Waals surface area contributed by atoms with Gasteiger partial charge in [-0.2, -0.15) is 0 Å². The van der Waals surface area contributed by atoms with Crippen molar-refractivity contribution in [3.8, 4) is 0 Å². The summed E-state index contributed by atoms with van der Waals surface area (Å²) in [4.78, 5) is 29.0. The molecule has 0 bridgehead atoms. The van der Waals surface area contributed by atoms with Gasteiger partial charge in [-0.1, -0.05) is 72.8 Å². The van der Waals surface area contributed by atoms with E-state index in [-0.39, 0.29) is 17.1 Å². The molecule has 1 aliphatic rings. The molecule has 2 heterocycles. The lowest BCUT2D eigenvalue weighted by Crippen LogP contribution is -2.07. The van der Waals surface area contributed by atoms with E-state index < -0.39 is 0 Å². The molecule has 0 amide bonds. The average molecular weight is 564 g/mol. The summed E-state index contributed by atoms with van der Waals surface area (Å²) in [5.41, 5.74) is 3.45. The molecular formula is C36H21NO2S2. The maximum absolute atomic E-state index is 12.9. The van der Waals surface area contributed by atoms with Gasteiger partial charge in [-0.3, -0.25) is 9.59 Å². The zero-order valence-corrected chi connectivity index (χ0v) is 23.3. The lowest BCUT2D eigenvalue weighted by molar-refractivity contribution is 0.0990. The quantitative estimate of drug-likeness (QED) is 0.158. The normalized spacial score (nSPS) is 12.9. The first-order valence-corrected chi connectivity index (χ1v) is 15.0. The molecule has 3 nitrogen and oxygen atoms in total. The summed E-state index contributed by atoms with van der Waals surface area (Å²) >= 11 is 3.36. The first-order valence-electron chi connectivity index (χ1n) is 13.3. The largest absolute Gasteiger partial charge is 0.302 e. The van der Waals surface area contributed by atoms with Crippen LogP contribution in [0.3, 0.4) is 0 Å². The highest BCUT2D eigenvalue weighted by atomic mass is 32.1. The molecule has 0 N–H and O–H groups in total. The summed E-state index contributed by atoms with van der Waals surface area (Å²) in [5, 5.41) is 5.84. The maximum atomic E-state index is 12.9. The fourth-order valence-electron chi connectivity index (χ4n) is 5.60. The predicted octanol–water partition coefficient (Wildman–Crippen LogP) is 10.2. The van der Waals surface area contributed by atoms with Gasteiger partial charge in [0.1, 0.15) is 5.00 Å². The van der Waals surface area contributed by atoms with Crippen LogP contribution in [0.1, 0.15) is 25.6 Å². The molecule has 0 saturated carbocycles. The van der Waals surface area contributed by atoms with Crippen LogP contribution in [0.25, 0.3) is 37.0 Å². The minimum Gasteiger partial charge on any atom is -0.302 e. The monoisotopic (exact) mass is 563 g/mol. The topological polar surface area (TPSA) is 37.4 Å². The smallest absolute Gasteiger partial charge is 0.197 e. The Bertz CT molecular complexity index is 2120. The molecule has 0 unspecified atom stereocenters. The number of hydrogen-bond acceptors (Lipinski definition) is 5. The van der Waals surface area contributed by atoms with Crippen LogP contribution < -0.4 is 4.90 Å². The number of nitrogens with zero attached hydrogens (tertiary/aromatic N) is 1. The van der Waals surface area contributed by atoms with Crippen LogP contribution in [0, 0.1) is 0 Å². The second kappa shape index (κ2) is 9.37. The molecular weight excluding hydrogens is 543 g/mol. The third-order valence-electron chi connectivity index (χ3n) is 7.58. The minimum atomic E-state index is -0.191. The van der Waals surface area contributed by atoms with E-state index in [0.29, 0.717) is 11.1 Å². The number of anilines is 3. The van der Waals surface area contributed by atoms with E-state index in [1.54, 1.807) is 53.0 Å². The molecule has 5 heteroatoms. The molecule has 7 aromatic rings. The Morgan fingerprint density at radius 3 is 1.90 bits per heavy atom. The average Bonchev–Trinajstić information content (AvgIpc) is 3.66. The van der Waals surface area contributed by atoms with E-state index in [0.717, 1.165) is 31.3 Å². The van der Waals surface area contributed by atoms with Gasteiger partial charge in [0.05, 0.1) is 5.57 Å². The van der Waals surface area contributed by atoms with Crippen LogP contribution in [0.5, 0.6) is 0 Å². The van der Waals surface area contributed by atoms with E-state index in [4.69, 9.17) is 0 Å². The fraction of sp³-hybridized carbons (Fsp3) is 0. The molecule has 8 rings (SSSR count). The second-order valence-electron chi connectivity index (χ2n) is 10.1. The first kappa shape index (κ1) is 24.0. The summed E-state index contributed by atoms with van der Waals surface area (Å²) in [6, 6.07) is 41.3. The number of carbonyl (C=O) groups is 2. The molecule has 0 atom stereocenters. The number of benzene rings is 5. The Balaban J connectivity index is 1.20. The van der Waals surface area contributed by atoms with Crippen LogP contribution in [-0.2, 0) is 0 Å². The van der Waals surface area contributed by atoms with Crippen molar-refractivity contribution >= 4 is 87.6 Å². The van der Waals surface area contributed by atoms with Crippen LogP contribution in [-0.4, -0.2) is 11.6 Å². The predicted molar refractivity (Wildman–Crippen MR) is 172 cm³/mol. The number of para-hydroxylation sites is 1. The zero-order valence-electron chi connectivity index (χ0n) is 21.7. The molecule has 0 spiro atoms. The Kier molecular flexibility index (Phi) is 5.49. The van der Waals surface area contributed by atoms with E-state index in [1.165, 1.54) is 20.9 Å². The van der Waals surface area contributed by atoms with Gasteiger partial charge in [0.15, 0.2) is 11.6 Å². The Morgan fingerprint density at radius 1 is 0.512 bits per heavy atom. The zero-order chi connectivity index (χ0) is 27.5. The van der Waals surface area contributed by atoms with Crippen molar-refractivity contribution in [3.05, 3.63) is 143 Å². The molecule has 1 aliphatic carbocycles. The van der Waals surface area contributed by atoms with Gasteiger partial charge < -0.3 is 4.90 Å². The number of allylic oxidation sites excluding steroid dienone is 1. The van der Waals surface area contributed by atoms with Gasteiger partial charge in [-0.15, -0.1) is 22.7 Å². The highest BCUT2D eigenvalue weighted by Gasteiger charge is 2.32. The highest BCUT2D eigenvalue weighted by molar-refractivity contribution is 7.23. The summed E-state index contributed by atoms with van der Waals surface area (Å²) in [7, 11) is 0. The van der Waals surface area contributed by atoms with Crippen molar-refractivity contribution in [2.45, 2.75) is 0 Å². The Hall–Kier alpha value is -4.84. The van der Waals surface area contributed by atoms with Crippen molar-refractivity contribution < 1.29 is 9.59 Å². The number of Topliss-reactive ketones (excluding diaryl/α,β-unsaturated/α-hetero) is 2. The summed E-state index contributed by atoms with van der Waals surface area (Å²) in [5.74, 6) is -0.383. The molecule has 41 heavy (non-hydrogen) atoms. The van der Waals surface area contributed by atoms with Crippen molar-refractivity contribution in [2.75, 3.05) is 4.90 Å².